The average molecular weight is 544 g/mol. The molecule has 0 fully saturated rings. The van der Waals surface area contributed by atoms with E-state index in [1.165, 1.54) is 61.5 Å². The Balaban J connectivity index is 1.64. The van der Waals surface area contributed by atoms with Gasteiger partial charge in [0.2, 0.25) is 10.0 Å². The van der Waals surface area contributed by atoms with Crippen LogP contribution in [0.5, 0.6) is 5.75 Å². The number of primary sulfonamides is 1. The van der Waals surface area contributed by atoms with Gasteiger partial charge in [0.1, 0.15) is 5.75 Å². The zero-order chi connectivity index (χ0) is 25.1. The van der Waals surface area contributed by atoms with Crippen LogP contribution in [0.4, 0.5) is 11.4 Å². The Labute approximate surface area is 206 Å². The van der Waals surface area contributed by atoms with E-state index in [1.54, 1.807) is 12.1 Å². The van der Waals surface area contributed by atoms with Crippen LogP contribution in [0.2, 0.25) is 10.0 Å². The summed E-state index contributed by atoms with van der Waals surface area (Å²) in [5.41, 5.74) is 0.496. The number of benzene rings is 3. The number of rotatable bonds is 8. The first kappa shape index (κ1) is 25.8. The standard InChI is InChI=1S/C21H19Cl2N3O6S2/c1-13(32-20-11-2-14(22)12-19(20)23)21(27)25-15-3-9-18(10-4-15)34(30,31)26-16-5-7-17(8-6-16)33(24,28)29/h2-13,26H,1H3,(H,25,27)(H2,24,28,29). The fourth-order valence-corrected chi connectivity index (χ4v) is 4.73. The van der Waals surface area contributed by atoms with Crippen molar-refractivity contribution in [2.75, 3.05) is 10.0 Å². The lowest BCUT2D eigenvalue weighted by molar-refractivity contribution is -0.122. The van der Waals surface area contributed by atoms with Crippen LogP contribution in [0.15, 0.2) is 76.5 Å². The summed E-state index contributed by atoms with van der Waals surface area (Å²) in [6.45, 7) is 1.53. The molecule has 0 spiro atoms. The molecular formula is C21H19Cl2N3O6S2. The molecular weight excluding hydrogens is 525 g/mol. The molecule has 0 saturated heterocycles. The number of hydrogen-bond donors (Lipinski definition) is 3. The highest BCUT2D eigenvalue weighted by Gasteiger charge is 2.18. The summed E-state index contributed by atoms with van der Waals surface area (Å²) in [4.78, 5) is 12.2. The van der Waals surface area contributed by atoms with Gasteiger partial charge in [-0.15, -0.1) is 0 Å². The first-order chi connectivity index (χ1) is 15.8. The fourth-order valence-electron chi connectivity index (χ4n) is 2.70. The van der Waals surface area contributed by atoms with Gasteiger partial charge in [0, 0.05) is 16.4 Å². The Morgan fingerprint density at radius 2 is 1.44 bits per heavy atom. The number of nitrogens with two attached hydrogens (primary N) is 1. The van der Waals surface area contributed by atoms with Gasteiger partial charge in [-0.25, -0.2) is 22.0 Å². The molecule has 9 nitrogen and oxygen atoms in total. The van der Waals surface area contributed by atoms with Crippen LogP contribution in [0, 0.1) is 0 Å². The number of ether oxygens (including phenoxy) is 1. The van der Waals surface area contributed by atoms with Gasteiger partial charge in [0.25, 0.3) is 15.9 Å². The third kappa shape index (κ3) is 6.61. The predicted octanol–water partition coefficient (Wildman–Crippen LogP) is 3.85. The second-order valence-corrected chi connectivity index (χ2v) is 11.1. The SMILES string of the molecule is CC(Oc1ccc(Cl)cc1Cl)C(=O)Nc1ccc(S(=O)(=O)Nc2ccc(S(N)(=O)=O)cc2)cc1. The van der Waals surface area contributed by atoms with Crippen molar-refractivity contribution in [3.8, 4) is 5.75 Å². The minimum Gasteiger partial charge on any atom is -0.479 e. The zero-order valence-corrected chi connectivity index (χ0v) is 20.7. The van der Waals surface area contributed by atoms with E-state index >= 15 is 0 Å². The lowest BCUT2D eigenvalue weighted by Crippen LogP contribution is -2.30. The molecule has 34 heavy (non-hydrogen) atoms. The highest BCUT2D eigenvalue weighted by molar-refractivity contribution is 7.92. The Bertz CT molecular complexity index is 1410. The first-order valence-electron chi connectivity index (χ1n) is 9.53. The van der Waals surface area contributed by atoms with Gasteiger partial charge in [-0.2, -0.15) is 0 Å². The largest absolute Gasteiger partial charge is 0.479 e. The average Bonchev–Trinajstić information content (AvgIpc) is 2.75. The summed E-state index contributed by atoms with van der Waals surface area (Å²) in [6, 6.07) is 15.0. The van der Waals surface area contributed by atoms with Crippen molar-refractivity contribution in [1.82, 2.24) is 0 Å². The molecule has 1 atom stereocenters. The fraction of sp³-hybridized carbons (Fsp3) is 0.0952. The minimum atomic E-state index is -3.97. The lowest BCUT2D eigenvalue weighted by Gasteiger charge is -2.16. The number of amides is 1. The second-order valence-electron chi connectivity index (χ2n) is 7.02. The van der Waals surface area contributed by atoms with Crippen LogP contribution in [0.1, 0.15) is 6.92 Å². The van der Waals surface area contributed by atoms with Crippen molar-refractivity contribution in [3.63, 3.8) is 0 Å². The molecule has 0 aliphatic carbocycles. The molecule has 1 amide bonds. The van der Waals surface area contributed by atoms with Crippen molar-refractivity contribution < 1.29 is 26.4 Å². The number of sulfonamides is 2. The molecule has 0 heterocycles. The van der Waals surface area contributed by atoms with Gasteiger partial charge in [-0.3, -0.25) is 9.52 Å². The van der Waals surface area contributed by atoms with E-state index in [4.69, 9.17) is 33.1 Å². The monoisotopic (exact) mass is 543 g/mol. The van der Waals surface area contributed by atoms with E-state index in [1.807, 2.05) is 0 Å². The van der Waals surface area contributed by atoms with Crippen LogP contribution in [-0.4, -0.2) is 28.8 Å². The molecule has 1 unspecified atom stereocenters. The maximum Gasteiger partial charge on any atom is 0.265 e. The van der Waals surface area contributed by atoms with E-state index in [0.717, 1.165) is 0 Å². The van der Waals surface area contributed by atoms with Gasteiger partial charge < -0.3 is 10.1 Å². The highest BCUT2D eigenvalue weighted by atomic mass is 35.5. The minimum absolute atomic E-state index is 0.0710. The summed E-state index contributed by atoms with van der Waals surface area (Å²) in [5, 5.41) is 8.34. The second kappa shape index (κ2) is 10.2. The Morgan fingerprint density at radius 3 is 2.00 bits per heavy atom. The Kier molecular flexibility index (Phi) is 7.74. The zero-order valence-electron chi connectivity index (χ0n) is 17.5. The lowest BCUT2D eigenvalue weighted by atomic mass is 10.3. The van der Waals surface area contributed by atoms with Crippen LogP contribution in [0.3, 0.4) is 0 Å². The van der Waals surface area contributed by atoms with Crippen molar-refractivity contribution in [2.45, 2.75) is 22.8 Å². The van der Waals surface area contributed by atoms with Gasteiger partial charge in [-0.05, 0) is 73.7 Å². The van der Waals surface area contributed by atoms with E-state index in [0.29, 0.717) is 16.5 Å². The molecule has 0 bridgehead atoms. The molecule has 0 saturated carbocycles. The maximum atomic E-state index is 12.6. The number of carbonyl (C=O) groups is 1. The van der Waals surface area contributed by atoms with Crippen LogP contribution < -0.4 is 19.9 Å². The van der Waals surface area contributed by atoms with E-state index in [2.05, 4.69) is 10.0 Å². The van der Waals surface area contributed by atoms with Crippen molar-refractivity contribution in [1.29, 1.82) is 0 Å². The van der Waals surface area contributed by atoms with E-state index in [9.17, 15) is 21.6 Å². The molecule has 3 rings (SSSR count). The highest BCUT2D eigenvalue weighted by Crippen LogP contribution is 2.28. The van der Waals surface area contributed by atoms with Gasteiger partial charge >= 0.3 is 0 Å². The van der Waals surface area contributed by atoms with Crippen molar-refractivity contribution in [2.24, 2.45) is 5.14 Å². The molecule has 3 aromatic carbocycles. The molecule has 4 N–H and O–H groups in total. The third-order valence-corrected chi connectivity index (χ3v) is 7.29. The van der Waals surface area contributed by atoms with Crippen LogP contribution in [0.25, 0.3) is 0 Å². The molecule has 0 radical (unpaired) electrons. The summed E-state index contributed by atoms with van der Waals surface area (Å²) in [7, 11) is -7.86. The number of anilines is 2. The van der Waals surface area contributed by atoms with Gasteiger partial charge in [0.15, 0.2) is 6.10 Å². The van der Waals surface area contributed by atoms with E-state index < -0.39 is 32.1 Å². The quantitative estimate of drug-likeness (QED) is 0.393. The van der Waals surface area contributed by atoms with E-state index in [-0.39, 0.29) is 20.5 Å². The van der Waals surface area contributed by atoms with Gasteiger partial charge in [0.05, 0.1) is 14.8 Å². The number of nitrogens with one attached hydrogen (secondary N) is 2. The smallest absolute Gasteiger partial charge is 0.265 e. The van der Waals surface area contributed by atoms with Gasteiger partial charge in [-0.1, -0.05) is 23.2 Å². The predicted molar refractivity (Wildman–Crippen MR) is 130 cm³/mol. The number of halogens is 2. The Morgan fingerprint density at radius 1 is 0.882 bits per heavy atom. The van der Waals surface area contributed by atoms with Crippen LogP contribution >= 0.6 is 23.2 Å². The molecule has 0 aromatic heterocycles. The summed E-state index contributed by atoms with van der Waals surface area (Å²) in [6.07, 6.45) is -0.899. The third-order valence-electron chi connectivity index (χ3n) is 4.43. The van der Waals surface area contributed by atoms with Crippen LogP contribution in [-0.2, 0) is 24.8 Å². The Hall–Kier alpha value is -2.83. The maximum absolute atomic E-state index is 12.6. The normalized spacial score (nSPS) is 12.6. The number of hydrogen-bond acceptors (Lipinski definition) is 6. The molecule has 180 valence electrons. The number of carbonyl (C=O) groups excluding carboxylic acids is 1. The first-order valence-corrected chi connectivity index (χ1v) is 13.3. The molecule has 0 aliphatic rings. The summed E-state index contributed by atoms with van der Waals surface area (Å²) < 4.78 is 55.7. The summed E-state index contributed by atoms with van der Waals surface area (Å²) >= 11 is 11.9. The summed E-state index contributed by atoms with van der Waals surface area (Å²) in [5.74, 6) is -0.187. The molecule has 13 heteroatoms. The topological polar surface area (TPSA) is 145 Å². The van der Waals surface area contributed by atoms with Crippen molar-refractivity contribution in [3.05, 3.63) is 76.8 Å². The molecule has 3 aromatic rings. The molecule has 0 aliphatic heterocycles. The van der Waals surface area contributed by atoms with Crippen molar-refractivity contribution >= 4 is 60.5 Å².